The molecule has 20 heavy (non-hydrogen) atoms. The number of rotatable bonds is 8. The molecule has 0 aromatic rings. The zero-order chi connectivity index (χ0) is 16.2. The summed E-state index contributed by atoms with van der Waals surface area (Å²) in [5, 5.41) is -4.57. The van der Waals surface area contributed by atoms with Crippen LogP contribution in [-0.4, -0.2) is 27.7 Å². The molecule has 120 valence electrons. The van der Waals surface area contributed by atoms with E-state index in [4.69, 9.17) is 51.1 Å². The van der Waals surface area contributed by atoms with E-state index in [0.29, 0.717) is 6.42 Å². The van der Waals surface area contributed by atoms with Gasteiger partial charge in [0.1, 0.15) is 0 Å². The number of alkyl halides is 6. The van der Waals surface area contributed by atoms with Gasteiger partial charge in [0.05, 0.1) is 6.61 Å². The van der Waals surface area contributed by atoms with Gasteiger partial charge >= 0.3 is 11.4 Å². The molecule has 0 aliphatic carbocycles. The zero-order valence-corrected chi connectivity index (χ0v) is 14.5. The first-order valence-electron chi connectivity index (χ1n) is 6.07. The molecular formula is C12H18Cl4F2O2. The van der Waals surface area contributed by atoms with Gasteiger partial charge in [0, 0.05) is 18.2 Å². The molecule has 0 heterocycles. The SMILES string of the molecule is CCOC(=O)CCC(C)(C)C(Cl)CC(Cl)(Cl)C(F)(F)Cl. The van der Waals surface area contributed by atoms with Crippen LogP contribution in [0.5, 0.6) is 0 Å². The molecular weight excluding hydrogens is 356 g/mol. The van der Waals surface area contributed by atoms with Crippen LogP contribution >= 0.6 is 46.4 Å². The van der Waals surface area contributed by atoms with Crippen molar-refractivity contribution < 1.29 is 18.3 Å². The summed E-state index contributed by atoms with van der Waals surface area (Å²) in [6.07, 6.45) is 0.0839. The Morgan fingerprint density at radius 2 is 1.75 bits per heavy atom. The zero-order valence-electron chi connectivity index (χ0n) is 11.5. The standard InChI is InChI=1S/C12H18Cl4F2O2/c1-4-20-9(19)5-6-10(2,3)8(13)7-11(14,15)12(16,17)18/h8H,4-7H2,1-3H3. The van der Waals surface area contributed by atoms with E-state index < -0.39 is 26.9 Å². The average Bonchev–Trinajstić information content (AvgIpc) is 2.24. The lowest BCUT2D eigenvalue weighted by molar-refractivity contribution is -0.143. The highest BCUT2D eigenvalue weighted by Gasteiger charge is 2.52. The van der Waals surface area contributed by atoms with Crippen LogP contribution in [-0.2, 0) is 9.53 Å². The van der Waals surface area contributed by atoms with E-state index in [1.807, 2.05) is 0 Å². The quantitative estimate of drug-likeness (QED) is 0.423. The van der Waals surface area contributed by atoms with Crippen molar-refractivity contribution in [3.05, 3.63) is 0 Å². The average molecular weight is 374 g/mol. The first-order valence-corrected chi connectivity index (χ1v) is 7.65. The van der Waals surface area contributed by atoms with Crippen molar-refractivity contribution in [3.63, 3.8) is 0 Å². The number of ether oxygens (including phenoxy) is 1. The molecule has 2 nitrogen and oxygen atoms in total. The van der Waals surface area contributed by atoms with Gasteiger partial charge in [-0.3, -0.25) is 4.79 Å². The summed E-state index contributed by atoms with van der Waals surface area (Å²) < 4.78 is 28.4. The summed E-state index contributed by atoms with van der Waals surface area (Å²) >= 11 is 22.0. The second kappa shape index (κ2) is 7.66. The van der Waals surface area contributed by atoms with Gasteiger partial charge in [0.2, 0.25) is 0 Å². The summed E-state index contributed by atoms with van der Waals surface area (Å²) in [6, 6.07) is 0. The van der Waals surface area contributed by atoms with E-state index in [9.17, 15) is 13.6 Å². The number of hydrogen-bond donors (Lipinski definition) is 0. The van der Waals surface area contributed by atoms with E-state index in [1.54, 1.807) is 20.8 Å². The fourth-order valence-corrected chi connectivity index (χ4v) is 2.32. The molecule has 0 N–H and O–H groups in total. The van der Waals surface area contributed by atoms with E-state index in [-0.39, 0.29) is 19.0 Å². The monoisotopic (exact) mass is 372 g/mol. The van der Waals surface area contributed by atoms with Gasteiger partial charge in [-0.25, -0.2) is 0 Å². The third-order valence-electron chi connectivity index (χ3n) is 2.98. The summed E-state index contributed by atoms with van der Waals surface area (Å²) in [7, 11) is 0. The van der Waals surface area contributed by atoms with Crippen LogP contribution in [0.2, 0.25) is 0 Å². The molecule has 0 aliphatic rings. The van der Waals surface area contributed by atoms with E-state index >= 15 is 0 Å². The molecule has 0 aromatic heterocycles. The minimum atomic E-state index is -3.79. The maximum absolute atomic E-state index is 13.0. The van der Waals surface area contributed by atoms with Crippen molar-refractivity contribution >= 4 is 52.4 Å². The fourth-order valence-electron chi connectivity index (χ4n) is 1.43. The van der Waals surface area contributed by atoms with Crippen LogP contribution in [0.3, 0.4) is 0 Å². The Labute approximate surface area is 138 Å². The van der Waals surface area contributed by atoms with Gasteiger partial charge in [-0.1, -0.05) is 37.0 Å². The Bertz CT molecular complexity index is 330. The van der Waals surface area contributed by atoms with E-state index in [0.717, 1.165) is 0 Å². The van der Waals surface area contributed by atoms with Gasteiger partial charge in [0.25, 0.3) is 0 Å². The van der Waals surface area contributed by atoms with Gasteiger partial charge in [-0.15, -0.1) is 11.6 Å². The molecule has 1 unspecified atom stereocenters. The molecule has 0 saturated carbocycles. The first kappa shape index (κ1) is 20.5. The lowest BCUT2D eigenvalue weighted by Crippen LogP contribution is -2.39. The molecule has 0 aliphatic heterocycles. The Balaban J connectivity index is 4.59. The van der Waals surface area contributed by atoms with E-state index in [1.165, 1.54) is 0 Å². The van der Waals surface area contributed by atoms with Gasteiger partial charge in [-0.05, 0) is 30.4 Å². The predicted octanol–water partition coefficient (Wildman–Crippen LogP) is 5.36. The Kier molecular flexibility index (Phi) is 7.85. The van der Waals surface area contributed by atoms with E-state index in [2.05, 4.69) is 0 Å². The molecule has 0 radical (unpaired) electrons. The third-order valence-corrected chi connectivity index (χ3v) is 5.02. The normalized spacial score (nSPS) is 15.1. The maximum atomic E-state index is 13.0. The molecule has 0 fully saturated rings. The van der Waals surface area contributed by atoms with Crippen molar-refractivity contribution in [3.8, 4) is 0 Å². The molecule has 0 saturated heterocycles. The van der Waals surface area contributed by atoms with Crippen LogP contribution in [0.1, 0.15) is 40.0 Å². The lowest BCUT2D eigenvalue weighted by Gasteiger charge is -2.34. The number of esters is 1. The second-order valence-electron chi connectivity index (χ2n) is 5.17. The molecule has 0 aromatic carbocycles. The Hall–Kier alpha value is 0.490. The smallest absolute Gasteiger partial charge is 0.354 e. The highest BCUT2D eigenvalue weighted by Crippen LogP contribution is 2.48. The van der Waals surface area contributed by atoms with Crippen molar-refractivity contribution in [2.75, 3.05) is 6.61 Å². The maximum Gasteiger partial charge on any atom is 0.354 e. The fraction of sp³-hybridized carbons (Fsp3) is 0.917. The van der Waals surface area contributed by atoms with Gasteiger partial charge in [0.15, 0.2) is 4.33 Å². The Morgan fingerprint density at radius 1 is 1.25 bits per heavy atom. The summed E-state index contributed by atoms with van der Waals surface area (Å²) in [6.45, 7) is 5.46. The largest absolute Gasteiger partial charge is 0.466 e. The third kappa shape index (κ3) is 6.50. The highest BCUT2D eigenvalue weighted by atomic mass is 35.5. The molecule has 1 atom stereocenters. The van der Waals surface area contributed by atoms with Crippen LogP contribution in [0, 0.1) is 5.41 Å². The van der Waals surface area contributed by atoms with Crippen molar-refractivity contribution in [2.45, 2.75) is 55.1 Å². The van der Waals surface area contributed by atoms with Crippen LogP contribution in [0.25, 0.3) is 0 Å². The predicted molar refractivity (Wildman–Crippen MR) is 79.1 cm³/mol. The summed E-state index contributed by atoms with van der Waals surface area (Å²) in [5.41, 5.74) is -0.633. The van der Waals surface area contributed by atoms with Crippen LogP contribution in [0.4, 0.5) is 8.78 Å². The molecule has 0 spiro atoms. The van der Waals surface area contributed by atoms with Gasteiger partial charge in [-0.2, -0.15) is 8.78 Å². The van der Waals surface area contributed by atoms with Crippen molar-refractivity contribution in [1.82, 2.24) is 0 Å². The van der Waals surface area contributed by atoms with Crippen molar-refractivity contribution in [2.24, 2.45) is 5.41 Å². The molecule has 0 rings (SSSR count). The minimum Gasteiger partial charge on any atom is -0.466 e. The molecule has 8 heteroatoms. The first-order chi connectivity index (χ1) is 8.83. The highest BCUT2D eigenvalue weighted by molar-refractivity contribution is 6.53. The molecule has 0 amide bonds. The topological polar surface area (TPSA) is 26.3 Å². The Morgan fingerprint density at radius 3 is 2.15 bits per heavy atom. The number of carbonyl (C=O) groups is 1. The van der Waals surface area contributed by atoms with Crippen LogP contribution in [0.15, 0.2) is 0 Å². The minimum absolute atomic E-state index is 0.138. The molecule has 0 bridgehead atoms. The van der Waals surface area contributed by atoms with Gasteiger partial charge < -0.3 is 4.74 Å². The lowest BCUT2D eigenvalue weighted by atomic mass is 9.82. The number of carbonyl (C=O) groups excluding carboxylic acids is 1. The summed E-state index contributed by atoms with van der Waals surface area (Å²) in [4.78, 5) is 11.3. The van der Waals surface area contributed by atoms with Crippen LogP contribution < -0.4 is 0 Å². The number of halogens is 6. The van der Waals surface area contributed by atoms with Crippen molar-refractivity contribution in [1.29, 1.82) is 0 Å². The summed E-state index contributed by atoms with van der Waals surface area (Å²) in [5.74, 6) is -0.366. The second-order valence-corrected chi connectivity index (χ2v) is 7.65. The number of hydrogen-bond acceptors (Lipinski definition) is 2.